The minimum atomic E-state index is -1.07. The van der Waals surface area contributed by atoms with Gasteiger partial charge in [-0.1, -0.05) is 58.9 Å². The van der Waals surface area contributed by atoms with Crippen LogP contribution in [0.4, 0.5) is 9.18 Å². The summed E-state index contributed by atoms with van der Waals surface area (Å²) in [5, 5.41) is 29.7. The van der Waals surface area contributed by atoms with E-state index in [2.05, 4.69) is 10.3 Å². The standard InChI is InChI=1S/C31H48FN5O5/c1-8-26(38)21-17-25(28(31(4,5)6)36(19-21)30(40)41)35(18-20(2)3)29(39)27-24(15-11-12-16-42-7)37(34-33-27)23-14-10-9-13-22(23)32/h9-10,13-14,20-21,25-26,28,38H,8,11-12,15-19H2,1-7H3,(H,40,41)/t21-,25+,26?,28?/m1/s1. The van der Waals surface area contributed by atoms with E-state index in [-0.39, 0.29) is 35.7 Å². The van der Waals surface area contributed by atoms with Gasteiger partial charge in [0, 0.05) is 32.7 Å². The number of rotatable bonds is 12. The molecule has 2 unspecified atom stereocenters. The summed E-state index contributed by atoms with van der Waals surface area (Å²) >= 11 is 0. The van der Waals surface area contributed by atoms with E-state index in [0.29, 0.717) is 44.5 Å². The number of aliphatic hydroxyl groups is 1. The maximum absolute atomic E-state index is 14.9. The normalized spacial score (nSPS) is 20.1. The number of halogens is 1. The lowest BCUT2D eigenvalue weighted by molar-refractivity contribution is -0.0491. The van der Waals surface area contributed by atoms with Crippen LogP contribution in [0.15, 0.2) is 24.3 Å². The molecule has 11 heteroatoms. The molecule has 2 aromatic rings. The Morgan fingerprint density at radius 2 is 1.90 bits per heavy atom. The van der Waals surface area contributed by atoms with Gasteiger partial charge in [-0.25, -0.2) is 13.9 Å². The Kier molecular flexibility index (Phi) is 11.5. The fraction of sp³-hybridized carbons (Fsp3) is 0.677. The molecule has 0 saturated carbocycles. The molecule has 0 radical (unpaired) electrons. The third-order valence-corrected chi connectivity index (χ3v) is 8.05. The molecule has 1 aliphatic rings. The monoisotopic (exact) mass is 589 g/mol. The van der Waals surface area contributed by atoms with Crippen molar-refractivity contribution in [1.29, 1.82) is 0 Å². The third-order valence-electron chi connectivity index (χ3n) is 8.05. The summed E-state index contributed by atoms with van der Waals surface area (Å²) in [6.07, 6.45) is 0.981. The van der Waals surface area contributed by atoms with Crippen molar-refractivity contribution >= 4 is 12.0 Å². The van der Waals surface area contributed by atoms with Crippen molar-refractivity contribution in [3.8, 4) is 5.69 Å². The van der Waals surface area contributed by atoms with E-state index < -0.39 is 35.5 Å². The number of ether oxygens (including phenoxy) is 1. The van der Waals surface area contributed by atoms with Gasteiger partial charge < -0.3 is 24.7 Å². The van der Waals surface area contributed by atoms with Gasteiger partial charge in [-0.3, -0.25) is 4.79 Å². The summed E-state index contributed by atoms with van der Waals surface area (Å²) in [4.78, 5) is 30.3. The van der Waals surface area contributed by atoms with E-state index in [0.717, 1.165) is 6.42 Å². The van der Waals surface area contributed by atoms with Crippen LogP contribution in [-0.4, -0.2) is 92.0 Å². The number of carbonyl (C=O) groups is 2. The van der Waals surface area contributed by atoms with Gasteiger partial charge in [-0.2, -0.15) is 0 Å². The zero-order valence-corrected chi connectivity index (χ0v) is 26.1. The largest absolute Gasteiger partial charge is 0.465 e. The molecule has 4 atom stereocenters. The number of unbranched alkanes of at least 4 members (excludes halogenated alkanes) is 1. The molecule has 3 rings (SSSR count). The molecule has 234 valence electrons. The fourth-order valence-electron chi connectivity index (χ4n) is 6.19. The number of aliphatic hydroxyl groups excluding tert-OH is 1. The molecule has 0 spiro atoms. The maximum atomic E-state index is 14.9. The van der Waals surface area contributed by atoms with Crippen molar-refractivity contribution in [2.45, 2.75) is 91.8 Å². The molecule has 2 N–H and O–H groups in total. The molecule has 1 fully saturated rings. The number of amides is 2. The van der Waals surface area contributed by atoms with Crippen molar-refractivity contribution in [2.24, 2.45) is 17.3 Å². The average molecular weight is 590 g/mol. The third kappa shape index (κ3) is 7.66. The van der Waals surface area contributed by atoms with Crippen molar-refractivity contribution in [3.05, 3.63) is 41.5 Å². The molecular weight excluding hydrogens is 541 g/mol. The Morgan fingerprint density at radius 1 is 1.21 bits per heavy atom. The predicted molar refractivity (Wildman–Crippen MR) is 158 cm³/mol. The lowest BCUT2D eigenvalue weighted by Crippen LogP contribution is -2.65. The Morgan fingerprint density at radius 3 is 2.48 bits per heavy atom. The molecule has 2 heterocycles. The molecule has 1 aliphatic heterocycles. The minimum Gasteiger partial charge on any atom is -0.465 e. The van der Waals surface area contributed by atoms with Crippen LogP contribution in [0.3, 0.4) is 0 Å². The molecule has 10 nitrogen and oxygen atoms in total. The Hall–Kier alpha value is -3.05. The van der Waals surface area contributed by atoms with Crippen LogP contribution in [-0.2, 0) is 11.2 Å². The number of hydrogen-bond acceptors (Lipinski definition) is 6. The minimum absolute atomic E-state index is 0.0658. The lowest BCUT2D eigenvalue weighted by Gasteiger charge is -2.53. The van der Waals surface area contributed by atoms with Gasteiger partial charge in [-0.05, 0) is 55.6 Å². The molecule has 0 aliphatic carbocycles. The molecule has 1 saturated heterocycles. The second-order valence-electron chi connectivity index (χ2n) is 12.8. The number of methoxy groups -OCH3 is 1. The number of likely N-dealkylation sites (tertiary alicyclic amines) is 1. The van der Waals surface area contributed by atoms with Crippen LogP contribution in [0, 0.1) is 23.1 Å². The van der Waals surface area contributed by atoms with Gasteiger partial charge >= 0.3 is 6.09 Å². The topological polar surface area (TPSA) is 121 Å². The van der Waals surface area contributed by atoms with E-state index in [4.69, 9.17) is 4.74 Å². The number of para-hydroxylation sites is 1. The van der Waals surface area contributed by atoms with Crippen molar-refractivity contribution in [1.82, 2.24) is 24.8 Å². The number of nitrogens with zero attached hydrogens (tertiary/aromatic N) is 5. The first-order valence-electron chi connectivity index (χ1n) is 15.0. The van der Waals surface area contributed by atoms with Gasteiger partial charge in [0.2, 0.25) is 0 Å². The SMILES string of the molecule is CCC(O)[C@@H]1C[C@H](N(CC(C)C)C(=O)c2nnn(-c3ccccc3F)c2CCCCOC)C(C(C)(C)C)N(C(=O)O)C1. The molecular formula is C31H48FN5O5. The van der Waals surface area contributed by atoms with E-state index in [9.17, 15) is 24.2 Å². The van der Waals surface area contributed by atoms with Gasteiger partial charge in [-0.15, -0.1) is 5.10 Å². The molecule has 1 aromatic carbocycles. The summed E-state index contributed by atoms with van der Waals surface area (Å²) in [6, 6.07) is 5.20. The highest BCUT2D eigenvalue weighted by Crippen LogP contribution is 2.39. The highest BCUT2D eigenvalue weighted by Gasteiger charge is 2.49. The van der Waals surface area contributed by atoms with E-state index in [1.54, 1.807) is 30.2 Å². The second-order valence-corrected chi connectivity index (χ2v) is 12.8. The van der Waals surface area contributed by atoms with Crippen molar-refractivity contribution in [2.75, 3.05) is 26.8 Å². The highest BCUT2D eigenvalue weighted by atomic mass is 19.1. The van der Waals surface area contributed by atoms with Crippen molar-refractivity contribution < 1.29 is 28.9 Å². The average Bonchev–Trinajstić information content (AvgIpc) is 3.35. The molecule has 1 aromatic heterocycles. The summed E-state index contributed by atoms with van der Waals surface area (Å²) in [7, 11) is 1.63. The Bertz CT molecular complexity index is 1200. The zero-order valence-electron chi connectivity index (χ0n) is 26.1. The second kappa shape index (κ2) is 14.4. The highest BCUT2D eigenvalue weighted by molar-refractivity contribution is 5.94. The molecule has 0 bridgehead atoms. The first-order valence-corrected chi connectivity index (χ1v) is 15.0. The summed E-state index contributed by atoms with van der Waals surface area (Å²) in [5.41, 5.74) is 0.325. The van der Waals surface area contributed by atoms with Crippen LogP contribution in [0.5, 0.6) is 0 Å². The maximum Gasteiger partial charge on any atom is 0.407 e. The van der Waals surface area contributed by atoms with Crippen LogP contribution >= 0.6 is 0 Å². The quantitative estimate of drug-likeness (QED) is 0.333. The number of carbonyl (C=O) groups excluding carboxylic acids is 1. The number of benzene rings is 1. The number of hydrogen-bond donors (Lipinski definition) is 2. The first kappa shape index (κ1) is 33.5. The predicted octanol–water partition coefficient (Wildman–Crippen LogP) is 5.03. The Labute approximate surface area is 248 Å². The molecule has 42 heavy (non-hydrogen) atoms. The van der Waals surface area contributed by atoms with Crippen LogP contribution in [0.1, 0.15) is 83.4 Å². The van der Waals surface area contributed by atoms with Crippen LogP contribution in [0.25, 0.3) is 5.69 Å². The lowest BCUT2D eigenvalue weighted by atomic mass is 9.73. The smallest absolute Gasteiger partial charge is 0.407 e. The number of carboxylic acid groups (broad SMARTS) is 1. The van der Waals surface area contributed by atoms with E-state index in [1.807, 2.05) is 41.5 Å². The van der Waals surface area contributed by atoms with Gasteiger partial charge in [0.15, 0.2) is 5.69 Å². The van der Waals surface area contributed by atoms with Gasteiger partial charge in [0.1, 0.15) is 11.5 Å². The number of aromatic nitrogens is 3. The summed E-state index contributed by atoms with van der Waals surface area (Å²) in [6.45, 7) is 12.9. The van der Waals surface area contributed by atoms with E-state index >= 15 is 0 Å². The Balaban J connectivity index is 2.15. The van der Waals surface area contributed by atoms with E-state index in [1.165, 1.54) is 15.6 Å². The molecule has 2 amide bonds. The summed E-state index contributed by atoms with van der Waals surface area (Å²) in [5.74, 6) is -1.12. The van der Waals surface area contributed by atoms with Gasteiger partial charge in [0.25, 0.3) is 5.91 Å². The van der Waals surface area contributed by atoms with Crippen LogP contribution < -0.4 is 0 Å². The summed E-state index contributed by atoms with van der Waals surface area (Å²) < 4.78 is 21.5. The van der Waals surface area contributed by atoms with Gasteiger partial charge in [0.05, 0.1) is 23.9 Å². The zero-order chi connectivity index (χ0) is 31.2. The van der Waals surface area contributed by atoms with Crippen LogP contribution in [0.2, 0.25) is 0 Å². The fourth-order valence-corrected chi connectivity index (χ4v) is 6.19. The van der Waals surface area contributed by atoms with Crippen molar-refractivity contribution in [3.63, 3.8) is 0 Å². The first-order chi connectivity index (χ1) is 19.8. The number of piperidine rings is 1.